The number of halogens is 3. The smallest absolute Gasteiger partial charge is 0.410 e. The number of H-pyrrole nitrogens is 1. The van der Waals surface area contributed by atoms with Gasteiger partial charge >= 0.3 is 16.3 Å². The summed E-state index contributed by atoms with van der Waals surface area (Å²) in [5.74, 6) is -3.53. The zero-order valence-corrected chi connectivity index (χ0v) is 31.3. The highest BCUT2D eigenvalue weighted by Crippen LogP contribution is 2.32. The average Bonchev–Trinajstić information content (AvgIpc) is 3.79. The average molecular weight is 768 g/mol. The molecule has 0 spiro atoms. The zero-order chi connectivity index (χ0) is 38.4. The molecule has 12 nitrogen and oxygen atoms in total. The van der Waals surface area contributed by atoms with Gasteiger partial charge in [0.1, 0.15) is 23.2 Å². The summed E-state index contributed by atoms with van der Waals surface area (Å²) in [5, 5.41) is 0.339. The molecule has 3 fully saturated rings. The summed E-state index contributed by atoms with van der Waals surface area (Å²) in [6.45, 7) is 9.90. The van der Waals surface area contributed by atoms with Crippen molar-refractivity contribution in [1.29, 1.82) is 0 Å². The van der Waals surface area contributed by atoms with Gasteiger partial charge in [-0.1, -0.05) is 12.1 Å². The van der Waals surface area contributed by atoms with Crippen LogP contribution in [0.1, 0.15) is 56.0 Å². The second-order valence-electron chi connectivity index (χ2n) is 15.1. The topological polar surface area (TPSA) is 131 Å². The summed E-state index contributed by atoms with van der Waals surface area (Å²) in [5.41, 5.74) is 0.826. The largest absolute Gasteiger partial charge is 0.444 e. The highest BCUT2D eigenvalue weighted by Gasteiger charge is 2.34. The summed E-state index contributed by atoms with van der Waals surface area (Å²) in [6, 6.07) is 11.9. The second-order valence-corrected chi connectivity index (χ2v) is 16.7. The third-order valence-corrected chi connectivity index (χ3v) is 11.8. The monoisotopic (exact) mass is 767 g/mol. The Hall–Kier alpha value is -4.67. The van der Waals surface area contributed by atoms with Crippen LogP contribution in [0.3, 0.4) is 0 Å². The molecule has 4 aromatic rings. The number of carbonyl (C=O) groups excluding carboxylic acids is 2. The van der Waals surface area contributed by atoms with E-state index in [0.29, 0.717) is 35.7 Å². The number of hydrogen-bond donors (Lipinski definition) is 2. The maximum atomic E-state index is 15.7. The summed E-state index contributed by atoms with van der Waals surface area (Å²) >= 11 is 0. The van der Waals surface area contributed by atoms with Crippen LogP contribution >= 0.6 is 0 Å². The van der Waals surface area contributed by atoms with Crippen molar-refractivity contribution in [3.05, 3.63) is 77.6 Å². The first-order valence-electron chi connectivity index (χ1n) is 18.2. The molecule has 2 N–H and O–H groups in total. The Kier molecular flexibility index (Phi) is 10.4. The van der Waals surface area contributed by atoms with Crippen molar-refractivity contribution in [2.24, 2.45) is 0 Å². The molecule has 54 heavy (non-hydrogen) atoms. The number of pyridine rings is 1. The summed E-state index contributed by atoms with van der Waals surface area (Å²) < 4.78 is 78.3. The van der Waals surface area contributed by atoms with E-state index in [-0.39, 0.29) is 31.2 Å². The van der Waals surface area contributed by atoms with Gasteiger partial charge < -0.3 is 19.5 Å². The number of aromatic amines is 1. The van der Waals surface area contributed by atoms with Gasteiger partial charge in [-0.2, -0.15) is 12.7 Å². The lowest BCUT2D eigenvalue weighted by molar-refractivity contribution is 0.00901. The number of nitrogens with one attached hydrogen (secondary N) is 2. The number of rotatable bonds is 8. The van der Waals surface area contributed by atoms with E-state index in [1.54, 1.807) is 17.2 Å². The number of nitrogens with zero attached hydrogens (tertiary/aromatic N) is 5. The predicted molar refractivity (Wildman–Crippen MR) is 200 cm³/mol. The number of hydrogen-bond acceptors (Lipinski definition) is 8. The van der Waals surface area contributed by atoms with E-state index in [2.05, 4.69) is 19.8 Å². The molecule has 2 aromatic heterocycles. The van der Waals surface area contributed by atoms with E-state index in [0.717, 1.165) is 66.7 Å². The van der Waals surface area contributed by atoms with Crippen molar-refractivity contribution in [3.63, 3.8) is 0 Å². The van der Waals surface area contributed by atoms with E-state index < -0.39 is 50.7 Å². The molecule has 0 saturated carbocycles. The van der Waals surface area contributed by atoms with Crippen molar-refractivity contribution < 1.29 is 35.9 Å². The van der Waals surface area contributed by atoms with Crippen LogP contribution in [0.5, 0.6) is 0 Å². The van der Waals surface area contributed by atoms with Gasteiger partial charge in [0.2, 0.25) is 5.78 Å². The van der Waals surface area contributed by atoms with E-state index >= 15 is 8.78 Å². The van der Waals surface area contributed by atoms with Crippen molar-refractivity contribution in [2.75, 3.05) is 62.0 Å². The lowest BCUT2D eigenvalue weighted by atomic mass is 9.99. The third-order valence-electron chi connectivity index (χ3n) is 10.3. The van der Waals surface area contributed by atoms with Gasteiger partial charge in [-0.25, -0.2) is 22.9 Å². The highest BCUT2D eigenvalue weighted by molar-refractivity contribution is 7.90. The van der Waals surface area contributed by atoms with E-state index in [1.165, 1.54) is 6.20 Å². The number of benzene rings is 2. The molecular formula is C38H44F3N7O5S. The van der Waals surface area contributed by atoms with Crippen molar-refractivity contribution >= 4 is 44.5 Å². The minimum Gasteiger partial charge on any atom is -0.444 e. The minimum absolute atomic E-state index is 0.0101. The molecule has 3 aliphatic heterocycles. The van der Waals surface area contributed by atoms with Gasteiger partial charge in [-0.15, -0.1) is 0 Å². The summed E-state index contributed by atoms with van der Waals surface area (Å²) in [4.78, 5) is 40.1. The number of aromatic nitrogens is 2. The maximum Gasteiger partial charge on any atom is 0.410 e. The van der Waals surface area contributed by atoms with Gasteiger partial charge in [-0.05, 0) is 75.9 Å². The van der Waals surface area contributed by atoms with Crippen molar-refractivity contribution in [3.8, 4) is 11.1 Å². The number of amides is 1. The first-order chi connectivity index (χ1) is 25.7. The quantitative estimate of drug-likeness (QED) is 0.210. The fourth-order valence-electron chi connectivity index (χ4n) is 7.38. The number of alkyl halides is 1. The molecule has 1 amide bonds. The maximum absolute atomic E-state index is 15.7. The first-order valence-corrected chi connectivity index (χ1v) is 19.6. The number of ketones is 1. The highest BCUT2D eigenvalue weighted by atomic mass is 32.2. The zero-order valence-electron chi connectivity index (χ0n) is 30.4. The lowest BCUT2D eigenvalue weighted by Crippen LogP contribution is -2.55. The van der Waals surface area contributed by atoms with Gasteiger partial charge in [0.25, 0.3) is 0 Å². The number of carbonyl (C=O) groups is 2. The van der Waals surface area contributed by atoms with Gasteiger partial charge in [-0.3, -0.25) is 14.4 Å². The first kappa shape index (κ1) is 37.6. The van der Waals surface area contributed by atoms with E-state index in [9.17, 15) is 22.4 Å². The summed E-state index contributed by atoms with van der Waals surface area (Å²) in [7, 11) is -4.34. The fraction of sp³-hybridized carbons (Fsp3) is 0.447. The molecular weight excluding hydrogens is 724 g/mol. The summed E-state index contributed by atoms with van der Waals surface area (Å²) in [6.07, 6.45) is 3.39. The molecule has 0 bridgehead atoms. The van der Waals surface area contributed by atoms with Crippen LogP contribution < -0.4 is 9.62 Å². The Morgan fingerprint density at radius 1 is 0.926 bits per heavy atom. The lowest BCUT2D eigenvalue weighted by Gasteiger charge is -2.43. The Labute approximate surface area is 312 Å². The third kappa shape index (κ3) is 7.91. The van der Waals surface area contributed by atoms with Crippen LogP contribution in [-0.2, 0) is 14.9 Å². The fourth-order valence-corrected chi connectivity index (χ4v) is 8.65. The van der Waals surface area contributed by atoms with E-state index in [4.69, 9.17) is 4.74 Å². The van der Waals surface area contributed by atoms with Crippen LogP contribution in [0, 0.1) is 11.6 Å². The van der Waals surface area contributed by atoms with Crippen LogP contribution in [-0.4, -0.2) is 115 Å². The Bertz CT molecular complexity index is 2140. The SMILES string of the molecule is CC(C)(C)OC(=O)N1CCN(C2CCN(c3ccc(-c4cnc5[nH]cc(C(=O)c6c(F)ccc(NS(=O)(=O)N7CC[C@@H](F)C7)c6F)c5c4)cc3)CC2)CC1. The standard InChI is InChI=1S/C38H44F3N7O5S/c1-38(2,3)53-37(50)47-18-16-46(17-19-47)28-11-13-45(14-12-28)27-6-4-24(5-7-27)25-20-29-30(22-43-36(29)42-21-25)35(49)33-31(40)8-9-32(34(33)41)44-54(51,52)48-15-10-26(39)23-48/h4-9,20-22,26,28,44H,10-19,23H2,1-3H3,(H,42,43)/t26-/m1/s1. The van der Waals surface area contributed by atoms with Crippen LogP contribution in [0.4, 0.5) is 29.3 Å². The minimum atomic E-state index is -4.34. The van der Waals surface area contributed by atoms with Gasteiger partial charge in [0, 0.05) is 93.0 Å². The van der Waals surface area contributed by atoms with Crippen LogP contribution in [0.15, 0.2) is 54.9 Å². The molecule has 0 aliphatic carbocycles. The number of piperazine rings is 1. The molecule has 0 unspecified atom stereocenters. The van der Waals surface area contributed by atoms with Gasteiger partial charge in [0.05, 0.1) is 11.3 Å². The Morgan fingerprint density at radius 2 is 1.63 bits per heavy atom. The molecule has 288 valence electrons. The second kappa shape index (κ2) is 14.9. The van der Waals surface area contributed by atoms with Crippen LogP contribution in [0.2, 0.25) is 0 Å². The predicted octanol–water partition coefficient (Wildman–Crippen LogP) is 5.96. The normalized spacial score (nSPS) is 19.4. The molecule has 2 aromatic carbocycles. The van der Waals surface area contributed by atoms with Gasteiger partial charge in [0.15, 0.2) is 5.82 Å². The van der Waals surface area contributed by atoms with Crippen molar-refractivity contribution in [2.45, 2.75) is 57.8 Å². The van der Waals surface area contributed by atoms with Crippen molar-refractivity contribution in [1.82, 2.24) is 24.1 Å². The molecule has 16 heteroatoms. The van der Waals surface area contributed by atoms with Crippen LogP contribution in [0.25, 0.3) is 22.2 Å². The Morgan fingerprint density at radius 3 is 2.28 bits per heavy atom. The molecule has 0 radical (unpaired) electrons. The molecule has 3 aliphatic rings. The Balaban J connectivity index is 1.01. The molecule has 5 heterocycles. The number of piperidine rings is 1. The van der Waals surface area contributed by atoms with E-state index in [1.807, 2.05) is 49.8 Å². The number of anilines is 2. The number of ether oxygens (including phenoxy) is 1. The molecule has 1 atom stereocenters. The number of fused-ring (bicyclic) bond motifs is 1. The molecule has 3 saturated heterocycles. The molecule has 7 rings (SSSR count).